The Balaban J connectivity index is 1.71. The summed E-state index contributed by atoms with van der Waals surface area (Å²) in [6.45, 7) is 0. The van der Waals surface area contributed by atoms with Crippen LogP contribution in [0, 0.1) is 0 Å². The molecule has 0 N–H and O–H groups in total. The van der Waals surface area contributed by atoms with E-state index in [1.807, 2.05) is 23.7 Å². The summed E-state index contributed by atoms with van der Waals surface area (Å²) in [4.78, 5) is 4.09. The van der Waals surface area contributed by atoms with Gasteiger partial charge in [0.2, 0.25) is 0 Å². The Morgan fingerprint density at radius 3 is 2.81 bits per heavy atom. The van der Waals surface area contributed by atoms with Gasteiger partial charge in [-0.25, -0.2) is 4.39 Å². The maximum absolute atomic E-state index is 14.6. The molecule has 1 fully saturated rings. The lowest BCUT2D eigenvalue weighted by molar-refractivity contribution is 0.135. The van der Waals surface area contributed by atoms with Crippen LogP contribution in [0.2, 0.25) is 0 Å². The SMILES string of the molecule is Cn1c(SCC2(F)CCCCC2)nnc1-c1cccnc1. The molecule has 2 heterocycles. The Kier molecular flexibility index (Phi) is 4.24. The molecule has 0 spiro atoms. The molecule has 0 aromatic carbocycles. The Hall–Kier alpha value is -1.43. The third-order valence-corrected chi connectivity index (χ3v) is 5.24. The van der Waals surface area contributed by atoms with Crippen molar-refractivity contribution in [2.75, 3.05) is 5.75 Å². The average molecular weight is 306 g/mol. The Morgan fingerprint density at radius 2 is 2.10 bits per heavy atom. The zero-order chi connectivity index (χ0) is 14.7. The first-order chi connectivity index (χ1) is 10.2. The molecule has 0 atom stereocenters. The van der Waals surface area contributed by atoms with E-state index in [-0.39, 0.29) is 0 Å². The predicted octanol–water partition coefficient (Wildman–Crippen LogP) is 3.64. The first-order valence-corrected chi connectivity index (χ1v) is 8.28. The van der Waals surface area contributed by atoms with Gasteiger partial charge in [-0.05, 0) is 25.0 Å². The first kappa shape index (κ1) is 14.5. The third kappa shape index (κ3) is 3.26. The van der Waals surface area contributed by atoms with Crippen molar-refractivity contribution >= 4 is 11.8 Å². The molecule has 1 aliphatic rings. The fourth-order valence-corrected chi connectivity index (χ4v) is 3.77. The van der Waals surface area contributed by atoms with E-state index in [4.69, 9.17) is 0 Å². The third-order valence-electron chi connectivity index (χ3n) is 3.96. The van der Waals surface area contributed by atoms with Crippen LogP contribution in [0.15, 0.2) is 29.7 Å². The van der Waals surface area contributed by atoms with Gasteiger partial charge in [-0.3, -0.25) is 4.98 Å². The molecule has 1 aliphatic carbocycles. The molecule has 0 aliphatic heterocycles. The molecule has 21 heavy (non-hydrogen) atoms. The van der Waals surface area contributed by atoms with E-state index in [2.05, 4.69) is 15.2 Å². The van der Waals surface area contributed by atoms with Gasteiger partial charge < -0.3 is 4.57 Å². The van der Waals surface area contributed by atoms with E-state index in [1.54, 1.807) is 12.4 Å². The van der Waals surface area contributed by atoms with Crippen molar-refractivity contribution in [3.05, 3.63) is 24.5 Å². The molecule has 3 rings (SSSR count). The zero-order valence-electron chi connectivity index (χ0n) is 12.1. The van der Waals surface area contributed by atoms with Crippen LogP contribution >= 0.6 is 11.8 Å². The van der Waals surface area contributed by atoms with Gasteiger partial charge in [0.1, 0.15) is 5.67 Å². The molecule has 0 amide bonds. The molecular formula is C15H19FN4S. The number of rotatable bonds is 4. The Morgan fingerprint density at radius 1 is 1.29 bits per heavy atom. The predicted molar refractivity (Wildman–Crippen MR) is 81.9 cm³/mol. The topological polar surface area (TPSA) is 43.6 Å². The highest BCUT2D eigenvalue weighted by Gasteiger charge is 2.32. The summed E-state index contributed by atoms with van der Waals surface area (Å²) < 4.78 is 16.5. The Labute approximate surface area is 128 Å². The van der Waals surface area contributed by atoms with Gasteiger partial charge >= 0.3 is 0 Å². The van der Waals surface area contributed by atoms with Crippen LogP contribution in [0.4, 0.5) is 4.39 Å². The van der Waals surface area contributed by atoms with Crippen molar-refractivity contribution in [3.63, 3.8) is 0 Å². The highest BCUT2D eigenvalue weighted by Crippen LogP contribution is 2.36. The van der Waals surface area contributed by atoms with E-state index in [9.17, 15) is 4.39 Å². The number of nitrogens with zero attached hydrogens (tertiary/aromatic N) is 4. The van der Waals surface area contributed by atoms with Gasteiger partial charge in [0.05, 0.1) is 0 Å². The van der Waals surface area contributed by atoms with Gasteiger partial charge in [0.25, 0.3) is 0 Å². The van der Waals surface area contributed by atoms with Gasteiger partial charge in [0.15, 0.2) is 11.0 Å². The lowest BCUT2D eigenvalue weighted by Gasteiger charge is -2.28. The van der Waals surface area contributed by atoms with E-state index in [1.165, 1.54) is 11.8 Å². The maximum atomic E-state index is 14.6. The molecule has 0 bridgehead atoms. The maximum Gasteiger partial charge on any atom is 0.191 e. The van der Waals surface area contributed by atoms with Gasteiger partial charge in [-0.1, -0.05) is 31.0 Å². The number of halogens is 1. The van der Waals surface area contributed by atoms with Crippen molar-refractivity contribution in [3.8, 4) is 11.4 Å². The molecule has 0 saturated heterocycles. The Bertz CT molecular complexity index is 593. The number of pyridine rings is 1. The van der Waals surface area contributed by atoms with Crippen LogP contribution in [-0.2, 0) is 7.05 Å². The van der Waals surface area contributed by atoms with E-state index in [0.717, 1.165) is 35.8 Å². The molecule has 0 radical (unpaired) electrons. The smallest absolute Gasteiger partial charge is 0.191 e. The van der Waals surface area contributed by atoms with E-state index in [0.29, 0.717) is 18.6 Å². The molecule has 112 valence electrons. The van der Waals surface area contributed by atoms with Crippen LogP contribution in [0.5, 0.6) is 0 Å². The van der Waals surface area contributed by atoms with Crippen LogP contribution < -0.4 is 0 Å². The summed E-state index contributed by atoms with van der Waals surface area (Å²) in [6, 6.07) is 3.82. The van der Waals surface area contributed by atoms with Crippen molar-refractivity contribution < 1.29 is 4.39 Å². The zero-order valence-corrected chi connectivity index (χ0v) is 12.9. The molecule has 1 saturated carbocycles. The summed E-state index contributed by atoms with van der Waals surface area (Å²) in [5, 5.41) is 9.15. The number of alkyl halides is 1. The van der Waals surface area contributed by atoms with Crippen molar-refractivity contribution in [1.82, 2.24) is 19.7 Å². The van der Waals surface area contributed by atoms with Crippen LogP contribution in [-0.4, -0.2) is 31.2 Å². The van der Waals surface area contributed by atoms with Gasteiger partial charge in [-0.2, -0.15) is 0 Å². The standard InChI is InChI=1S/C15H19FN4S/c1-20-13(12-6-5-9-17-10-12)18-19-14(20)21-11-15(16)7-3-2-4-8-15/h5-6,9-10H,2-4,7-8,11H2,1H3. The summed E-state index contributed by atoms with van der Waals surface area (Å²) in [5.41, 5.74) is -0.115. The highest BCUT2D eigenvalue weighted by atomic mass is 32.2. The number of hydrogen-bond acceptors (Lipinski definition) is 4. The van der Waals surface area contributed by atoms with Crippen LogP contribution in [0.25, 0.3) is 11.4 Å². The number of hydrogen-bond donors (Lipinski definition) is 0. The molecule has 0 unspecified atom stereocenters. The lowest BCUT2D eigenvalue weighted by atomic mass is 9.88. The second-order valence-corrected chi connectivity index (χ2v) is 6.55. The van der Waals surface area contributed by atoms with Crippen molar-refractivity contribution in [1.29, 1.82) is 0 Å². The van der Waals surface area contributed by atoms with Crippen molar-refractivity contribution in [2.45, 2.75) is 42.9 Å². The first-order valence-electron chi connectivity index (χ1n) is 7.29. The molecule has 2 aromatic rings. The summed E-state index contributed by atoms with van der Waals surface area (Å²) in [5.74, 6) is 1.23. The van der Waals surface area contributed by atoms with E-state index < -0.39 is 5.67 Å². The average Bonchev–Trinajstić information content (AvgIpc) is 2.88. The van der Waals surface area contributed by atoms with Crippen LogP contribution in [0.1, 0.15) is 32.1 Å². The minimum Gasteiger partial charge on any atom is -0.305 e. The molecule has 2 aromatic heterocycles. The summed E-state index contributed by atoms with van der Waals surface area (Å²) >= 11 is 1.46. The van der Waals surface area contributed by atoms with Gasteiger partial charge in [-0.15, -0.1) is 10.2 Å². The minimum absolute atomic E-state index is 0.464. The molecule has 4 nitrogen and oxygen atoms in total. The van der Waals surface area contributed by atoms with Crippen LogP contribution in [0.3, 0.4) is 0 Å². The molecular weight excluding hydrogens is 287 g/mol. The second-order valence-electron chi connectivity index (χ2n) is 5.61. The quantitative estimate of drug-likeness (QED) is 0.809. The fourth-order valence-electron chi connectivity index (χ4n) is 2.71. The number of thioether (sulfide) groups is 1. The summed E-state index contributed by atoms with van der Waals surface area (Å²) in [7, 11) is 1.91. The molecule has 6 heteroatoms. The van der Waals surface area contributed by atoms with E-state index >= 15 is 0 Å². The fraction of sp³-hybridized carbons (Fsp3) is 0.533. The summed E-state index contributed by atoms with van der Waals surface area (Å²) in [6.07, 6.45) is 7.99. The van der Waals surface area contributed by atoms with Crippen molar-refractivity contribution in [2.24, 2.45) is 7.05 Å². The largest absolute Gasteiger partial charge is 0.305 e. The normalized spacial score (nSPS) is 17.8. The minimum atomic E-state index is -1.04. The monoisotopic (exact) mass is 306 g/mol. The van der Waals surface area contributed by atoms with Gasteiger partial charge in [0, 0.05) is 30.8 Å². The highest BCUT2D eigenvalue weighted by molar-refractivity contribution is 7.99. The second kappa shape index (κ2) is 6.13. The number of aromatic nitrogens is 4. The lowest BCUT2D eigenvalue weighted by Crippen LogP contribution is -2.29.